The number of benzene rings is 7. The van der Waals surface area contributed by atoms with Crippen LogP contribution in [0.1, 0.15) is 31.2 Å². The third kappa shape index (κ3) is 4.57. The van der Waals surface area contributed by atoms with Crippen LogP contribution in [0.4, 0.5) is 22.7 Å². The molecule has 0 radical (unpaired) electrons. The van der Waals surface area contributed by atoms with Gasteiger partial charge in [0.05, 0.1) is 17.8 Å². The van der Waals surface area contributed by atoms with Crippen LogP contribution in [0.5, 0.6) is 0 Å². The summed E-state index contributed by atoms with van der Waals surface area (Å²) in [7, 11) is 0. The Bertz CT molecular complexity index is 3060. The van der Waals surface area contributed by atoms with Crippen LogP contribution in [0.15, 0.2) is 152 Å². The molecule has 4 unspecified atom stereocenters. The van der Waals surface area contributed by atoms with E-state index in [-0.39, 0.29) is 12.1 Å². The van der Waals surface area contributed by atoms with Gasteiger partial charge in [0.25, 0.3) is 0 Å². The van der Waals surface area contributed by atoms with Crippen molar-refractivity contribution in [2.75, 3.05) is 9.80 Å². The van der Waals surface area contributed by atoms with Gasteiger partial charge in [0.1, 0.15) is 0 Å². The van der Waals surface area contributed by atoms with Crippen LogP contribution in [0.25, 0.3) is 66.7 Å². The molecule has 0 fully saturated rings. The molecule has 8 aromatic rings. The molecule has 260 valence electrons. The van der Waals surface area contributed by atoms with Crippen molar-refractivity contribution < 1.29 is 0 Å². The third-order valence-corrected chi connectivity index (χ3v) is 12.8. The molecule has 0 amide bonds. The third-order valence-electron chi connectivity index (χ3n) is 12.8. The first kappa shape index (κ1) is 30.9. The smallest absolute Gasteiger partial charge is 0.0592 e. The first-order valence-corrected chi connectivity index (χ1v) is 19.8. The van der Waals surface area contributed by atoms with E-state index in [1.807, 2.05) is 6.07 Å². The lowest BCUT2D eigenvalue weighted by Gasteiger charge is -2.35. The predicted octanol–water partition coefficient (Wildman–Crippen LogP) is 11.8. The first-order chi connectivity index (χ1) is 27.2. The van der Waals surface area contributed by atoms with E-state index in [4.69, 9.17) is 0 Å². The van der Waals surface area contributed by atoms with Crippen molar-refractivity contribution in [3.8, 4) is 22.3 Å². The highest BCUT2D eigenvalue weighted by atomic mass is 15.2. The Morgan fingerprint density at radius 2 is 1.53 bits per heavy atom. The van der Waals surface area contributed by atoms with Crippen molar-refractivity contribution in [2.45, 2.75) is 37.8 Å². The van der Waals surface area contributed by atoms with Crippen LogP contribution in [0.2, 0.25) is 0 Å². The highest BCUT2D eigenvalue weighted by molar-refractivity contribution is 6.25. The molecule has 0 spiro atoms. The van der Waals surface area contributed by atoms with E-state index in [0.717, 1.165) is 18.2 Å². The zero-order valence-electron chi connectivity index (χ0n) is 30.7. The van der Waals surface area contributed by atoms with Crippen LogP contribution in [-0.4, -0.2) is 12.1 Å². The van der Waals surface area contributed by atoms with Gasteiger partial charge in [-0.05, 0) is 133 Å². The number of rotatable bonds is 4. The lowest BCUT2D eigenvalue weighted by molar-refractivity contribution is 0.489. The minimum Gasteiger partial charge on any atom is -0.334 e. The largest absolute Gasteiger partial charge is 0.334 e. The second-order valence-electron chi connectivity index (χ2n) is 15.9. The summed E-state index contributed by atoms with van der Waals surface area (Å²) in [4.78, 5) is 5.27. The van der Waals surface area contributed by atoms with Gasteiger partial charge in [-0.3, -0.25) is 0 Å². The second-order valence-corrected chi connectivity index (χ2v) is 15.9. The van der Waals surface area contributed by atoms with E-state index in [2.05, 4.69) is 187 Å². The van der Waals surface area contributed by atoms with Gasteiger partial charge in [0.15, 0.2) is 0 Å². The lowest BCUT2D eigenvalue weighted by Crippen LogP contribution is -2.38. The summed E-state index contributed by atoms with van der Waals surface area (Å²) < 4.78 is 0. The molecular weight excluding hydrogens is 665 g/mol. The zero-order valence-corrected chi connectivity index (χ0v) is 30.7. The van der Waals surface area contributed by atoms with Crippen LogP contribution in [-0.2, 0) is 0 Å². The molecule has 2 nitrogen and oxygen atoms in total. The molecule has 1 heterocycles. The Morgan fingerprint density at radius 1 is 0.691 bits per heavy atom. The maximum atomic E-state index is 3.42. The summed E-state index contributed by atoms with van der Waals surface area (Å²) in [6.07, 6.45) is 11.9. The van der Waals surface area contributed by atoms with E-state index >= 15 is 0 Å². The van der Waals surface area contributed by atoms with E-state index in [1.54, 1.807) is 0 Å². The Morgan fingerprint density at radius 3 is 2.47 bits per heavy atom. The maximum absolute atomic E-state index is 3.42. The Balaban J connectivity index is 1.08. The van der Waals surface area contributed by atoms with Gasteiger partial charge < -0.3 is 9.80 Å². The number of hydrogen-bond acceptors (Lipinski definition) is 2. The predicted molar refractivity (Wildman–Crippen MR) is 231 cm³/mol. The van der Waals surface area contributed by atoms with Gasteiger partial charge in [-0.15, -0.1) is 0 Å². The lowest BCUT2D eigenvalue weighted by atomic mass is 9.81. The zero-order chi connectivity index (χ0) is 36.2. The highest BCUT2D eigenvalue weighted by Gasteiger charge is 2.41. The van der Waals surface area contributed by atoms with Crippen molar-refractivity contribution in [1.29, 1.82) is 0 Å². The minimum absolute atomic E-state index is 0.140. The van der Waals surface area contributed by atoms with Crippen LogP contribution >= 0.6 is 0 Å². The van der Waals surface area contributed by atoms with E-state index in [0.29, 0.717) is 11.8 Å². The molecule has 0 aromatic heterocycles. The Hall–Kier alpha value is -6.56. The van der Waals surface area contributed by atoms with E-state index < -0.39 is 0 Å². The van der Waals surface area contributed by atoms with Crippen molar-refractivity contribution in [3.05, 3.63) is 180 Å². The normalized spacial score (nSPS) is 20.0. The van der Waals surface area contributed by atoms with Crippen molar-refractivity contribution in [3.63, 3.8) is 0 Å². The van der Waals surface area contributed by atoms with Gasteiger partial charge in [-0.1, -0.05) is 128 Å². The van der Waals surface area contributed by atoms with Crippen molar-refractivity contribution in [2.24, 2.45) is 5.92 Å². The number of anilines is 4. The fourth-order valence-electron chi connectivity index (χ4n) is 10.4. The van der Waals surface area contributed by atoms with E-state index in [9.17, 15) is 0 Å². The van der Waals surface area contributed by atoms with Gasteiger partial charge >= 0.3 is 0 Å². The van der Waals surface area contributed by atoms with E-state index in [1.165, 1.54) is 87.9 Å². The standard InChI is InChI=1S/C53H38N2/c1-33-20-26-48-46(28-33)47-32-42(25-27-49(47)55(48)41-24-22-35-11-3-5-13-37(35)31-41)54(40-23-21-34-10-2-4-12-36(34)30-40)50-19-9-18-45-52(50)44-17-8-15-39-29-38-14-6-7-16-43(38)53(45)51(39)44/h2-5,7-13,15-22,24-27,29-33,40,46,48H,23,28H2,1H3. The van der Waals surface area contributed by atoms with Gasteiger partial charge in [-0.2, -0.15) is 0 Å². The molecule has 3 aliphatic carbocycles. The Labute approximate surface area is 321 Å². The number of nitrogens with zero attached hydrogens (tertiary/aromatic N) is 2. The molecule has 2 heteroatoms. The average molecular weight is 703 g/mol. The van der Waals surface area contributed by atoms with Crippen LogP contribution in [0.3, 0.4) is 0 Å². The minimum atomic E-state index is 0.140. The topological polar surface area (TPSA) is 6.48 Å². The van der Waals surface area contributed by atoms with Crippen molar-refractivity contribution in [1.82, 2.24) is 0 Å². The summed E-state index contributed by atoms with van der Waals surface area (Å²) in [6, 6.07) is 59.2. The molecule has 1 aliphatic heterocycles. The number of allylic oxidation sites excluding steroid dienone is 1. The summed E-state index contributed by atoms with van der Waals surface area (Å²) >= 11 is 0. The molecule has 0 bridgehead atoms. The van der Waals surface area contributed by atoms with Gasteiger partial charge in [0, 0.05) is 33.9 Å². The molecular formula is C53H38N2. The summed E-state index contributed by atoms with van der Waals surface area (Å²) in [5.41, 5.74) is 11.8. The molecule has 55 heavy (non-hydrogen) atoms. The Kier molecular flexibility index (Phi) is 6.57. The molecule has 4 atom stereocenters. The van der Waals surface area contributed by atoms with Crippen LogP contribution < -0.4 is 20.2 Å². The SMILES string of the molecule is CC1C=CC2C(C1)c1cc(N(c3cccc4c3-c3cccc5cc6c#cccc6c-4c35)C3C=c4ccccc4=CC3)ccc1N2c1ccc2ccccc2c1. The summed E-state index contributed by atoms with van der Waals surface area (Å²) in [5, 5.41) is 10.1. The average Bonchev–Trinajstić information content (AvgIpc) is 3.74. The fraction of sp³-hybridized carbons (Fsp3) is 0.132. The monoisotopic (exact) mass is 702 g/mol. The summed E-state index contributed by atoms with van der Waals surface area (Å²) in [5.74, 6) is 0.939. The number of hydrogen-bond donors (Lipinski definition) is 0. The number of fused-ring (bicyclic) bond motifs is 10. The molecule has 8 aromatic carbocycles. The van der Waals surface area contributed by atoms with Crippen LogP contribution in [0, 0.1) is 18.1 Å². The van der Waals surface area contributed by atoms with Crippen molar-refractivity contribution >= 4 is 67.2 Å². The maximum Gasteiger partial charge on any atom is 0.0592 e. The first-order valence-electron chi connectivity index (χ1n) is 19.8. The molecule has 0 saturated carbocycles. The summed E-state index contributed by atoms with van der Waals surface area (Å²) in [6.45, 7) is 2.37. The van der Waals surface area contributed by atoms with Gasteiger partial charge in [-0.25, -0.2) is 0 Å². The quantitative estimate of drug-likeness (QED) is 0.169. The molecule has 4 aliphatic rings. The molecule has 0 N–H and O–H groups in total. The van der Waals surface area contributed by atoms with Gasteiger partial charge in [0.2, 0.25) is 0 Å². The fourth-order valence-corrected chi connectivity index (χ4v) is 10.4. The highest BCUT2D eigenvalue weighted by Crippen LogP contribution is 2.56. The molecule has 0 saturated heterocycles. The second kappa shape index (κ2) is 11.7. The molecule has 12 rings (SSSR count).